The molecule has 0 aliphatic rings. The smallest absolute Gasteiger partial charge is 0.318 e. The fourth-order valence-corrected chi connectivity index (χ4v) is 3.67. The van der Waals surface area contributed by atoms with Crippen molar-refractivity contribution in [2.24, 2.45) is 0 Å². The van der Waals surface area contributed by atoms with Gasteiger partial charge in [-0.2, -0.15) is 5.10 Å². The summed E-state index contributed by atoms with van der Waals surface area (Å²) in [6.45, 7) is 3.70. The van der Waals surface area contributed by atoms with Gasteiger partial charge in [-0.25, -0.2) is 9.67 Å². The Labute approximate surface area is 163 Å². The molecule has 0 radical (unpaired) electrons. The Bertz CT molecular complexity index is 1170. The highest BCUT2D eigenvalue weighted by molar-refractivity contribution is 8.00. The number of nitrogens with zero attached hydrogens (tertiary/aromatic N) is 6. The Hall–Kier alpha value is -2.65. The molecular weight excluding hydrogens is 388 g/mol. The molecule has 4 aromatic rings. The minimum absolute atomic E-state index is 0.324. The van der Waals surface area contributed by atoms with Crippen molar-refractivity contribution in [1.82, 2.24) is 29.4 Å². The molecule has 0 unspecified atom stereocenters. The molecule has 0 fully saturated rings. The number of halogens is 1. The molecule has 0 saturated heterocycles. The molecular formula is C17H15ClN6O2S. The molecule has 10 heteroatoms. The highest BCUT2D eigenvalue weighted by atomic mass is 35.5. The maximum atomic E-state index is 11.7. The van der Waals surface area contributed by atoms with Crippen LogP contribution < -0.4 is 0 Å². The molecule has 8 nitrogen and oxygen atoms in total. The molecule has 0 aliphatic carbocycles. The van der Waals surface area contributed by atoms with Crippen molar-refractivity contribution in [3.8, 4) is 5.69 Å². The molecule has 0 N–H and O–H groups in total. The van der Waals surface area contributed by atoms with Crippen molar-refractivity contribution in [1.29, 1.82) is 0 Å². The van der Waals surface area contributed by atoms with E-state index < -0.39 is 5.25 Å². The molecule has 0 spiro atoms. The summed E-state index contributed by atoms with van der Waals surface area (Å²) >= 11 is 7.50. The molecule has 1 atom stereocenters. The van der Waals surface area contributed by atoms with E-state index in [0.29, 0.717) is 21.5 Å². The van der Waals surface area contributed by atoms with E-state index in [4.69, 9.17) is 16.3 Å². The predicted octanol–water partition coefficient (Wildman–Crippen LogP) is 3.08. The summed E-state index contributed by atoms with van der Waals surface area (Å²) in [4.78, 5) is 16.2. The number of benzene rings is 1. The second-order valence-electron chi connectivity index (χ2n) is 5.93. The largest absolute Gasteiger partial charge is 0.468 e. The molecule has 0 aliphatic heterocycles. The van der Waals surface area contributed by atoms with Gasteiger partial charge >= 0.3 is 5.97 Å². The fraction of sp³-hybridized carbons (Fsp3) is 0.235. The van der Waals surface area contributed by atoms with Gasteiger partial charge in [0.1, 0.15) is 11.6 Å². The topological polar surface area (TPSA) is 87.2 Å². The monoisotopic (exact) mass is 402 g/mol. The van der Waals surface area contributed by atoms with Gasteiger partial charge < -0.3 is 4.74 Å². The van der Waals surface area contributed by atoms with Gasteiger partial charge in [-0.1, -0.05) is 29.4 Å². The van der Waals surface area contributed by atoms with E-state index in [1.807, 2.05) is 25.1 Å². The van der Waals surface area contributed by atoms with Crippen LogP contribution in [0.15, 0.2) is 35.9 Å². The van der Waals surface area contributed by atoms with Gasteiger partial charge in [-0.3, -0.25) is 9.20 Å². The maximum absolute atomic E-state index is 11.7. The normalized spacial score (nSPS) is 12.6. The van der Waals surface area contributed by atoms with E-state index in [2.05, 4.69) is 20.3 Å². The molecule has 27 heavy (non-hydrogen) atoms. The Morgan fingerprint density at radius 2 is 2.11 bits per heavy atom. The summed E-state index contributed by atoms with van der Waals surface area (Å²) in [5.41, 5.74) is 3.06. The zero-order chi connectivity index (χ0) is 19.1. The van der Waals surface area contributed by atoms with Gasteiger partial charge in [0.25, 0.3) is 0 Å². The lowest BCUT2D eigenvalue weighted by Gasteiger charge is -2.07. The van der Waals surface area contributed by atoms with Gasteiger partial charge in [0, 0.05) is 5.02 Å². The summed E-state index contributed by atoms with van der Waals surface area (Å²) < 4.78 is 8.20. The second-order valence-corrected chi connectivity index (χ2v) is 7.65. The van der Waals surface area contributed by atoms with Crippen LogP contribution in [0.1, 0.15) is 12.5 Å². The summed E-state index contributed by atoms with van der Waals surface area (Å²) in [6.07, 6.45) is 3.32. The lowest BCUT2D eigenvalue weighted by atomic mass is 10.2. The number of aromatic nitrogens is 6. The zero-order valence-corrected chi connectivity index (χ0v) is 16.3. The average molecular weight is 403 g/mol. The van der Waals surface area contributed by atoms with Crippen molar-refractivity contribution < 1.29 is 9.53 Å². The molecule has 0 bridgehead atoms. The highest BCUT2D eigenvalue weighted by Gasteiger charge is 2.20. The first kappa shape index (κ1) is 17.7. The van der Waals surface area contributed by atoms with Crippen molar-refractivity contribution in [3.63, 3.8) is 0 Å². The fourth-order valence-electron chi connectivity index (χ4n) is 2.66. The lowest BCUT2D eigenvalue weighted by molar-refractivity contribution is -0.139. The van der Waals surface area contributed by atoms with Crippen molar-refractivity contribution in [3.05, 3.63) is 41.3 Å². The number of ether oxygens (including phenoxy) is 1. The van der Waals surface area contributed by atoms with Crippen LogP contribution in [0.5, 0.6) is 0 Å². The number of aryl methyl sites for hydroxylation is 1. The lowest BCUT2D eigenvalue weighted by Crippen LogP contribution is -2.15. The predicted molar refractivity (Wildman–Crippen MR) is 102 cm³/mol. The van der Waals surface area contributed by atoms with Crippen LogP contribution in [0.3, 0.4) is 0 Å². The third-order valence-corrected chi connectivity index (χ3v) is 5.60. The van der Waals surface area contributed by atoms with Crippen molar-refractivity contribution in [2.75, 3.05) is 7.11 Å². The highest BCUT2D eigenvalue weighted by Crippen LogP contribution is 2.27. The summed E-state index contributed by atoms with van der Waals surface area (Å²) in [5.74, 6) is -0.324. The van der Waals surface area contributed by atoms with Crippen LogP contribution in [0.4, 0.5) is 0 Å². The Kier molecular flexibility index (Phi) is 4.48. The Balaban J connectivity index is 1.78. The second kappa shape index (κ2) is 6.82. The minimum atomic E-state index is -0.407. The number of carbonyl (C=O) groups is 1. The number of esters is 1. The third-order valence-electron chi connectivity index (χ3n) is 4.16. The van der Waals surface area contributed by atoms with Crippen molar-refractivity contribution in [2.45, 2.75) is 24.3 Å². The standard InChI is InChI=1S/C17H15ClN6O2S/c1-9-4-5-11(6-13(9)18)24-14-12(7-20-24)15-21-22-17(23(15)8-19-14)27-10(2)16(25)26-3/h4-8,10H,1-3H3/t10-/m0/s1. The molecule has 3 aromatic heterocycles. The molecule has 3 heterocycles. The van der Waals surface area contributed by atoms with Crippen molar-refractivity contribution >= 4 is 46.0 Å². The van der Waals surface area contributed by atoms with E-state index in [0.717, 1.165) is 16.6 Å². The first-order valence-corrected chi connectivity index (χ1v) is 9.34. The SMILES string of the molecule is COC(=O)[C@H](C)Sc1nnc2c3cnn(-c4ccc(C)c(Cl)c4)c3ncn12. The van der Waals surface area contributed by atoms with Crippen LogP contribution >= 0.6 is 23.4 Å². The summed E-state index contributed by atoms with van der Waals surface area (Å²) in [7, 11) is 1.36. The zero-order valence-electron chi connectivity index (χ0n) is 14.8. The molecule has 4 rings (SSSR count). The number of thioether (sulfide) groups is 1. The number of hydrogen-bond donors (Lipinski definition) is 0. The van der Waals surface area contributed by atoms with Crippen LogP contribution in [0, 0.1) is 6.92 Å². The van der Waals surface area contributed by atoms with Gasteiger partial charge in [0.05, 0.1) is 24.4 Å². The number of methoxy groups -OCH3 is 1. The third kappa shape index (κ3) is 3.02. The van der Waals surface area contributed by atoms with Crippen LogP contribution in [0.25, 0.3) is 22.4 Å². The van der Waals surface area contributed by atoms with Gasteiger partial charge in [-0.05, 0) is 31.5 Å². The Morgan fingerprint density at radius 1 is 1.30 bits per heavy atom. The van der Waals surface area contributed by atoms with E-state index >= 15 is 0 Å². The quantitative estimate of drug-likeness (QED) is 0.383. The number of hydrogen-bond acceptors (Lipinski definition) is 7. The van der Waals surface area contributed by atoms with E-state index in [9.17, 15) is 4.79 Å². The number of carbonyl (C=O) groups excluding carboxylic acids is 1. The summed E-state index contributed by atoms with van der Waals surface area (Å²) in [5, 5.41) is 14.4. The number of fused-ring (bicyclic) bond motifs is 3. The van der Waals surface area contributed by atoms with Crippen LogP contribution in [-0.2, 0) is 9.53 Å². The Morgan fingerprint density at radius 3 is 2.85 bits per heavy atom. The molecule has 138 valence electrons. The van der Waals surface area contributed by atoms with Gasteiger partial charge in [0.15, 0.2) is 16.5 Å². The molecule has 0 saturated carbocycles. The number of rotatable bonds is 4. The van der Waals surface area contributed by atoms with E-state index in [-0.39, 0.29) is 5.97 Å². The van der Waals surface area contributed by atoms with Gasteiger partial charge in [-0.15, -0.1) is 10.2 Å². The van der Waals surface area contributed by atoms with Crippen LogP contribution in [-0.4, -0.2) is 47.7 Å². The summed E-state index contributed by atoms with van der Waals surface area (Å²) in [6, 6.07) is 5.71. The van der Waals surface area contributed by atoms with Crippen LogP contribution in [0.2, 0.25) is 5.02 Å². The average Bonchev–Trinajstić information content (AvgIpc) is 3.27. The van der Waals surface area contributed by atoms with E-state index in [1.165, 1.54) is 18.9 Å². The van der Waals surface area contributed by atoms with Gasteiger partial charge in [0.2, 0.25) is 0 Å². The molecule has 1 aromatic carbocycles. The maximum Gasteiger partial charge on any atom is 0.318 e. The van der Waals surface area contributed by atoms with E-state index in [1.54, 1.807) is 28.5 Å². The molecule has 0 amide bonds. The first-order chi connectivity index (χ1) is 13.0. The first-order valence-electron chi connectivity index (χ1n) is 8.08. The minimum Gasteiger partial charge on any atom is -0.468 e.